The Balaban J connectivity index is 1.44. The smallest absolute Gasteiger partial charge is 0.272 e. The van der Waals surface area contributed by atoms with E-state index < -0.39 is 5.91 Å². The second-order valence-electron chi connectivity index (χ2n) is 6.77. The fraction of sp³-hybridized carbons (Fsp3) is 0.190. The molecule has 2 aromatic carbocycles. The van der Waals surface area contributed by atoms with Crippen molar-refractivity contribution in [2.75, 3.05) is 6.54 Å². The summed E-state index contributed by atoms with van der Waals surface area (Å²) >= 11 is 0. The number of benzene rings is 2. The number of hydrogen-bond acceptors (Lipinski definition) is 3. The van der Waals surface area contributed by atoms with Crippen LogP contribution in [0.15, 0.2) is 54.6 Å². The molecule has 0 unspecified atom stereocenters. The quantitative estimate of drug-likeness (QED) is 0.721. The van der Waals surface area contributed by atoms with E-state index in [1.165, 1.54) is 33.8 Å². The zero-order chi connectivity index (χ0) is 20.4. The first-order valence-corrected chi connectivity index (χ1v) is 9.14. The molecule has 0 aliphatic carbocycles. The lowest BCUT2D eigenvalue weighted by molar-refractivity contribution is 0.0681. The van der Waals surface area contributed by atoms with Crippen LogP contribution < -0.4 is 5.32 Å². The van der Waals surface area contributed by atoms with E-state index in [9.17, 15) is 18.4 Å². The van der Waals surface area contributed by atoms with Crippen LogP contribution in [-0.2, 0) is 19.6 Å². The van der Waals surface area contributed by atoms with Crippen molar-refractivity contribution in [2.45, 2.75) is 19.6 Å². The molecular formula is C21H18F2N4O2. The number of nitrogens with zero attached hydrogens (tertiary/aromatic N) is 3. The highest BCUT2D eigenvalue weighted by Crippen LogP contribution is 2.18. The molecule has 29 heavy (non-hydrogen) atoms. The summed E-state index contributed by atoms with van der Waals surface area (Å²) in [4.78, 5) is 26.7. The van der Waals surface area contributed by atoms with Crippen LogP contribution in [0.3, 0.4) is 0 Å². The second kappa shape index (κ2) is 7.83. The number of fused-ring (bicyclic) bond motifs is 1. The van der Waals surface area contributed by atoms with Gasteiger partial charge in [-0.25, -0.2) is 8.78 Å². The van der Waals surface area contributed by atoms with Crippen molar-refractivity contribution in [3.05, 3.63) is 88.7 Å². The minimum absolute atomic E-state index is 0.128. The van der Waals surface area contributed by atoms with Crippen LogP contribution in [0.4, 0.5) is 8.78 Å². The van der Waals surface area contributed by atoms with Crippen LogP contribution in [0.2, 0.25) is 0 Å². The van der Waals surface area contributed by atoms with Gasteiger partial charge < -0.3 is 10.2 Å². The average molecular weight is 396 g/mol. The number of amides is 2. The van der Waals surface area contributed by atoms with E-state index in [0.717, 1.165) is 5.56 Å². The molecule has 0 bridgehead atoms. The van der Waals surface area contributed by atoms with Crippen molar-refractivity contribution in [3.63, 3.8) is 0 Å². The molecular weight excluding hydrogens is 378 g/mol. The molecule has 0 saturated carbocycles. The molecule has 6 nitrogen and oxygen atoms in total. The lowest BCUT2D eigenvalue weighted by Crippen LogP contribution is -2.40. The first kappa shape index (κ1) is 18.8. The summed E-state index contributed by atoms with van der Waals surface area (Å²) in [5.74, 6) is -1.44. The van der Waals surface area contributed by atoms with E-state index in [1.807, 2.05) is 0 Å². The topological polar surface area (TPSA) is 67.2 Å². The summed E-state index contributed by atoms with van der Waals surface area (Å²) in [6.07, 6.45) is 0. The molecule has 2 heterocycles. The molecule has 1 aromatic heterocycles. The number of hydrogen-bond donors (Lipinski definition) is 1. The second-order valence-corrected chi connectivity index (χ2v) is 6.77. The first-order chi connectivity index (χ1) is 14.0. The lowest BCUT2D eigenvalue weighted by Gasteiger charge is -2.27. The molecule has 1 aliphatic heterocycles. The molecule has 0 fully saturated rings. The maximum absolute atomic E-state index is 13.9. The van der Waals surface area contributed by atoms with Gasteiger partial charge in [-0.1, -0.05) is 30.3 Å². The van der Waals surface area contributed by atoms with Crippen molar-refractivity contribution in [2.24, 2.45) is 0 Å². The van der Waals surface area contributed by atoms with Crippen molar-refractivity contribution in [1.29, 1.82) is 0 Å². The predicted octanol–water partition coefficient (Wildman–Crippen LogP) is 2.75. The Bertz CT molecular complexity index is 1060. The SMILES string of the molecule is O=C(NCc1ccc(F)cc1)c1cc2n(n1)CCN(Cc1ccccc1F)C2=O. The molecule has 8 heteroatoms. The van der Waals surface area contributed by atoms with E-state index in [-0.39, 0.29) is 36.3 Å². The van der Waals surface area contributed by atoms with Gasteiger partial charge in [0.1, 0.15) is 17.3 Å². The van der Waals surface area contributed by atoms with Gasteiger partial charge in [-0.15, -0.1) is 0 Å². The van der Waals surface area contributed by atoms with Crippen LogP contribution in [0, 0.1) is 11.6 Å². The van der Waals surface area contributed by atoms with E-state index in [2.05, 4.69) is 10.4 Å². The number of nitrogens with one attached hydrogen (secondary N) is 1. The predicted molar refractivity (Wildman–Crippen MR) is 101 cm³/mol. The summed E-state index contributed by atoms with van der Waals surface area (Å²) in [5.41, 5.74) is 1.60. The molecule has 148 valence electrons. The Morgan fingerprint density at radius 2 is 1.83 bits per heavy atom. The van der Waals surface area contributed by atoms with Gasteiger partial charge in [-0.3, -0.25) is 14.3 Å². The van der Waals surface area contributed by atoms with E-state index in [1.54, 1.807) is 30.3 Å². The zero-order valence-electron chi connectivity index (χ0n) is 15.4. The first-order valence-electron chi connectivity index (χ1n) is 9.14. The third kappa shape index (κ3) is 4.01. The molecule has 2 amide bonds. The minimum atomic E-state index is -0.426. The van der Waals surface area contributed by atoms with E-state index >= 15 is 0 Å². The van der Waals surface area contributed by atoms with Crippen LogP contribution in [0.25, 0.3) is 0 Å². The number of halogens is 2. The van der Waals surface area contributed by atoms with Crippen LogP contribution in [0.5, 0.6) is 0 Å². The van der Waals surface area contributed by atoms with Crippen molar-refractivity contribution in [3.8, 4) is 0 Å². The molecule has 3 aromatic rings. The average Bonchev–Trinajstić information content (AvgIpc) is 3.16. The van der Waals surface area contributed by atoms with Gasteiger partial charge in [0.25, 0.3) is 11.8 Å². The molecule has 0 saturated heterocycles. The van der Waals surface area contributed by atoms with Gasteiger partial charge in [0.15, 0.2) is 5.69 Å². The van der Waals surface area contributed by atoms with Gasteiger partial charge in [-0.05, 0) is 23.8 Å². The minimum Gasteiger partial charge on any atom is -0.347 e. The Hall–Kier alpha value is -3.55. The van der Waals surface area contributed by atoms with Gasteiger partial charge in [-0.2, -0.15) is 5.10 Å². The summed E-state index contributed by atoms with van der Waals surface area (Å²) in [7, 11) is 0. The number of carbonyl (C=O) groups excluding carboxylic acids is 2. The highest BCUT2D eigenvalue weighted by atomic mass is 19.1. The maximum Gasteiger partial charge on any atom is 0.272 e. The number of aromatic nitrogens is 2. The van der Waals surface area contributed by atoms with Crippen LogP contribution >= 0.6 is 0 Å². The zero-order valence-corrected chi connectivity index (χ0v) is 15.4. The monoisotopic (exact) mass is 396 g/mol. The van der Waals surface area contributed by atoms with Crippen molar-refractivity contribution >= 4 is 11.8 Å². The fourth-order valence-corrected chi connectivity index (χ4v) is 3.21. The fourth-order valence-electron chi connectivity index (χ4n) is 3.21. The van der Waals surface area contributed by atoms with Gasteiger partial charge in [0.05, 0.1) is 6.54 Å². The maximum atomic E-state index is 13.9. The molecule has 1 aliphatic rings. The Labute approximate surface area is 165 Å². The molecule has 0 atom stereocenters. The van der Waals surface area contributed by atoms with Gasteiger partial charge in [0, 0.05) is 31.3 Å². The standard InChI is InChI=1S/C21H18F2N4O2/c22-16-7-5-14(6-8-16)12-24-20(28)18-11-19-21(29)26(9-10-27(19)25-18)13-15-3-1-2-4-17(15)23/h1-8,11H,9-10,12-13H2,(H,24,28). The van der Waals surface area contributed by atoms with E-state index in [4.69, 9.17) is 0 Å². The molecule has 1 N–H and O–H groups in total. The van der Waals surface area contributed by atoms with Crippen molar-refractivity contribution < 1.29 is 18.4 Å². The molecule has 4 rings (SSSR count). The number of rotatable bonds is 5. The van der Waals surface area contributed by atoms with Crippen molar-refractivity contribution in [1.82, 2.24) is 20.0 Å². The third-order valence-corrected chi connectivity index (χ3v) is 4.79. The Morgan fingerprint density at radius 3 is 2.59 bits per heavy atom. The summed E-state index contributed by atoms with van der Waals surface area (Å²) < 4.78 is 28.3. The third-order valence-electron chi connectivity index (χ3n) is 4.79. The Morgan fingerprint density at radius 1 is 1.07 bits per heavy atom. The van der Waals surface area contributed by atoms with Gasteiger partial charge in [0.2, 0.25) is 0 Å². The molecule has 0 radical (unpaired) electrons. The molecule has 0 spiro atoms. The van der Waals surface area contributed by atoms with E-state index in [0.29, 0.717) is 24.3 Å². The highest BCUT2D eigenvalue weighted by molar-refractivity contribution is 5.98. The summed E-state index contributed by atoms with van der Waals surface area (Å²) in [6.45, 7) is 1.16. The van der Waals surface area contributed by atoms with Gasteiger partial charge >= 0.3 is 0 Å². The Kier molecular flexibility index (Phi) is 5.07. The van der Waals surface area contributed by atoms with Crippen LogP contribution in [0.1, 0.15) is 32.1 Å². The highest BCUT2D eigenvalue weighted by Gasteiger charge is 2.28. The summed E-state index contributed by atoms with van der Waals surface area (Å²) in [6, 6.07) is 13.6. The largest absolute Gasteiger partial charge is 0.347 e. The van der Waals surface area contributed by atoms with Crippen LogP contribution in [-0.4, -0.2) is 33.0 Å². The lowest BCUT2D eigenvalue weighted by atomic mass is 10.1. The summed E-state index contributed by atoms with van der Waals surface area (Å²) in [5, 5.41) is 6.92. The normalized spacial score (nSPS) is 13.3. The number of carbonyl (C=O) groups is 2.